The normalized spacial score (nSPS) is 18.8. The summed E-state index contributed by atoms with van der Waals surface area (Å²) >= 11 is 0. The molecule has 0 bridgehead atoms. The topological polar surface area (TPSA) is 55.4 Å². The van der Waals surface area contributed by atoms with Crippen molar-refractivity contribution in [2.75, 3.05) is 7.11 Å². The highest BCUT2D eigenvalue weighted by molar-refractivity contribution is 6.03. The van der Waals surface area contributed by atoms with Crippen molar-refractivity contribution in [1.82, 2.24) is 5.32 Å². The van der Waals surface area contributed by atoms with Crippen molar-refractivity contribution in [2.45, 2.75) is 32.6 Å². The van der Waals surface area contributed by atoms with Crippen LogP contribution in [0, 0.1) is 5.92 Å². The Morgan fingerprint density at radius 1 is 1.37 bits per heavy atom. The van der Waals surface area contributed by atoms with Crippen LogP contribution in [0.15, 0.2) is 18.2 Å². The van der Waals surface area contributed by atoms with Gasteiger partial charge in [-0.15, -0.1) is 0 Å². The second-order valence-electron chi connectivity index (χ2n) is 5.24. The highest BCUT2D eigenvalue weighted by Gasteiger charge is 2.31. The first kappa shape index (κ1) is 13.6. The SMILES string of the molecule is COc1ccc(C(C)C)cc1CC1CC(=O)NC1=O. The van der Waals surface area contributed by atoms with Crippen LogP contribution in [0.2, 0.25) is 0 Å². The molecule has 0 saturated carbocycles. The smallest absolute Gasteiger partial charge is 0.230 e. The Kier molecular flexibility index (Phi) is 3.88. The van der Waals surface area contributed by atoms with Gasteiger partial charge in [0.2, 0.25) is 11.8 Å². The summed E-state index contributed by atoms with van der Waals surface area (Å²) < 4.78 is 5.34. The predicted molar refractivity (Wildman–Crippen MR) is 72.0 cm³/mol. The molecule has 1 aliphatic rings. The Balaban J connectivity index is 2.25. The van der Waals surface area contributed by atoms with Gasteiger partial charge in [0.15, 0.2) is 0 Å². The molecule has 1 heterocycles. The molecule has 1 unspecified atom stereocenters. The molecule has 1 aliphatic heterocycles. The molecule has 2 amide bonds. The number of benzene rings is 1. The average molecular weight is 261 g/mol. The van der Waals surface area contributed by atoms with Crippen LogP contribution in [0.3, 0.4) is 0 Å². The molecule has 1 atom stereocenters. The quantitative estimate of drug-likeness (QED) is 0.844. The van der Waals surface area contributed by atoms with Gasteiger partial charge in [0.25, 0.3) is 0 Å². The van der Waals surface area contributed by atoms with Gasteiger partial charge in [0.1, 0.15) is 5.75 Å². The monoisotopic (exact) mass is 261 g/mol. The highest BCUT2D eigenvalue weighted by atomic mass is 16.5. The molecule has 0 aromatic heterocycles. The van der Waals surface area contributed by atoms with E-state index in [1.54, 1.807) is 7.11 Å². The van der Waals surface area contributed by atoms with Crippen LogP contribution in [0.25, 0.3) is 0 Å². The van der Waals surface area contributed by atoms with Crippen LogP contribution < -0.4 is 10.1 Å². The number of nitrogens with one attached hydrogen (secondary N) is 1. The Morgan fingerprint density at radius 3 is 2.63 bits per heavy atom. The maximum absolute atomic E-state index is 11.6. The summed E-state index contributed by atoms with van der Waals surface area (Å²) in [7, 11) is 1.62. The van der Waals surface area contributed by atoms with Crippen LogP contribution in [-0.2, 0) is 16.0 Å². The van der Waals surface area contributed by atoms with E-state index >= 15 is 0 Å². The van der Waals surface area contributed by atoms with E-state index in [0.717, 1.165) is 11.3 Å². The van der Waals surface area contributed by atoms with Gasteiger partial charge >= 0.3 is 0 Å². The van der Waals surface area contributed by atoms with Crippen LogP contribution in [-0.4, -0.2) is 18.9 Å². The van der Waals surface area contributed by atoms with Gasteiger partial charge in [-0.25, -0.2) is 0 Å². The molecule has 4 nitrogen and oxygen atoms in total. The molecule has 0 spiro atoms. The number of amides is 2. The van der Waals surface area contributed by atoms with E-state index in [2.05, 4.69) is 25.2 Å². The van der Waals surface area contributed by atoms with E-state index < -0.39 is 0 Å². The second kappa shape index (κ2) is 5.43. The number of rotatable bonds is 4. The molecule has 1 aromatic carbocycles. The molecular formula is C15H19NO3. The van der Waals surface area contributed by atoms with E-state index in [-0.39, 0.29) is 24.2 Å². The van der Waals surface area contributed by atoms with Crippen molar-refractivity contribution in [2.24, 2.45) is 5.92 Å². The number of ether oxygens (including phenoxy) is 1. The van der Waals surface area contributed by atoms with Gasteiger partial charge in [-0.2, -0.15) is 0 Å². The molecule has 102 valence electrons. The van der Waals surface area contributed by atoms with Crippen LogP contribution in [0.4, 0.5) is 0 Å². The Hall–Kier alpha value is -1.84. The van der Waals surface area contributed by atoms with Crippen molar-refractivity contribution < 1.29 is 14.3 Å². The molecule has 1 N–H and O–H groups in total. The third kappa shape index (κ3) is 2.95. The van der Waals surface area contributed by atoms with Crippen molar-refractivity contribution in [1.29, 1.82) is 0 Å². The zero-order valence-corrected chi connectivity index (χ0v) is 11.5. The molecule has 19 heavy (non-hydrogen) atoms. The van der Waals surface area contributed by atoms with Crippen LogP contribution in [0.5, 0.6) is 5.75 Å². The molecular weight excluding hydrogens is 242 g/mol. The lowest BCUT2D eigenvalue weighted by Crippen LogP contribution is -2.23. The predicted octanol–water partition coefficient (Wildman–Crippen LogP) is 2.02. The summed E-state index contributed by atoms with van der Waals surface area (Å²) in [6.07, 6.45) is 0.815. The molecule has 1 fully saturated rings. The van der Waals surface area contributed by atoms with Crippen molar-refractivity contribution >= 4 is 11.8 Å². The van der Waals surface area contributed by atoms with Crippen molar-refractivity contribution in [3.63, 3.8) is 0 Å². The standard InChI is InChI=1S/C15H19NO3/c1-9(2)10-4-5-13(19-3)11(6-10)7-12-8-14(17)16-15(12)18/h4-6,9,12H,7-8H2,1-3H3,(H,16,17,18). The first-order valence-corrected chi connectivity index (χ1v) is 6.51. The van der Waals surface area contributed by atoms with E-state index in [1.807, 2.05) is 12.1 Å². The Labute approximate surface area is 113 Å². The fraction of sp³-hybridized carbons (Fsp3) is 0.467. The minimum Gasteiger partial charge on any atom is -0.496 e. The van der Waals surface area contributed by atoms with Crippen molar-refractivity contribution in [3.05, 3.63) is 29.3 Å². The van der Waals surface area contributed by atoms with Gasteiger partial charge in [0, 0.05) is 6.42 Å². The number of hydrogen-bond donors (Lipinski definition) is 1. The molecule has 0 aliphatic carbocycles. The number of imide groups is 1. The van der Waals surface area contributed by atoms with E-state index in [4.69, 9.17) is 4.74 Å². The molecule has 0 radical (unpaired) electrons. The number of methoxy groups -OCH3 is 1. The number of carbonyl (C=O) groups is 2. The van der Waals surface area contributed by atoms with E-state index in [1.165, 1.54) is 5.56 Å². The summed E-state index contributed by atoms with van der Waals surface area (Å²) in [5.74, 6) is 0.556. The van der Waals surface area contributed by atoms with Gasteiger partial charge in [-0.1, -0.05) is 26.0 Å². The molecule has 1 saturated heterocycles. The second-order valence-corrected chi connectivity index (χ2v) is 5.24. The number of carbonyl (C=O) groups excluding carboxylic acids is 2. The summed E-state index contributed by atoms with van der Waals surface area (Å²) in [5.41, 5.74) is 2.20. The molecule has 2 rings (SSSR count). The lowest BCUT2D eigenvalue weighted by Gasteiger charge is -2.14. The zero-order chi connectivity index (χ0) is 14.0. The fourth-order valence-corrected chi connectivity index (χ4v) is 2.35. The van der Waals surface area contributed by atoms with Gasteiger partial charge in [-0.05, 0) is 29.5 Å². The van der Waals surface area contributed by atoms with Crippen LogP contribution >= 0.6 is 0 Å². The summed E-state index contributed by atoms with van der Waals surface area (Å²) in [6.45, 7) is 4.24. The van der Waals surface area contributed by atoms with Crippen molar-refractivity contribution in [3.8, 4) is 5.75 Å². The Bertz CT molecular complexity index is 508. The highest BCUT2D eigenvalue weighted by Crippen LogP contribution is 2.28. The van der Waals surface area contributed by atoms with E-state index in [9.17, 15) is 9.59 Å². The first-order valence-electron chi connectivity index (χ1n) is 6.51. The van der Waals surface area contributed by atoms with Gasteiger partial charge < -0.3 is 4.74 Å². The lowest BCUT2D eigenvalue weighted by molar-refractivity contribution is -0.125. The first-order chi connectivity index (χ1) is 9.01. The maximum atomic E-state index is 11.6. The summed E-state index contributed by atoms with van der Waals surface area (Å²) in [5, 5.41) is 2.34. The van der Waals surface area contributed by atoms with Gasteiger partial charge in [0.05, 0.1) is 13.0 Å². The van der Waals surface area contributed by atoms with E-state index in [0.29, 0.717) is 12.3 Å². The molecule has 1 aromatic rings. The summed E-state index contributed by atoms with van der Waals surface area (Å²) in [4.78, 5) is 22.9. The van der Waals surface area contributed by atoms with Crippen LogP contribution in [0.1, 0.15) is 37.3 Å². The largest absolute Gasteiger partial charge is 0.496 e. The Morgan fingerprint density at radius 2 is 2.11 bits per heavy atom. The molecule has 4 heteroatoms. The summed E-state index contributed by atoms with van der Waals surface area (Å²) in [6, 6.07) is 6.03. The number of hydrogen-bond acceptors (Lipinski definition) is 3. The average Bonchev–Trinajstić information content (AvgIpc) is 2.67. The zero-order valence-electron chi connectivity index (χ0n) is 11.5. The lowest BCUT2D eigenvalue weighted by atomic mass is 9.93. The van der Waals surface area contributed by atoms with Gasteiger partial charge in [-0.3, -0.25) is 14.9 Å². The third-order valence-electron chi connectivity index (χ3n) is 3.50. The third-order valence-corrected chi connectivity index (χ3v) is 3.50. The fourth-order valence-electron chi connectivity index (χ4n) is 2.35. The minimum absolute atomic E-state index is 0.179. The minimum atomic E-state index is -0.274. The maximum Gasteiger partial charge on any atom is 0.230 e.